The molecule has 0 saturated carbocycles. The summed E-state index contributed by atoms with van der Waals surface area (Å²) < 4.78 is 5.69. The van der Waals surface area contributed by atoms with Crippen LogP contribution in [0.1, 0.15) is 26.7 Å². The molecule has 0 bridgehead atoms. The number of hydroxylamine groups is 2. The normalized spacial score (nSPS) is 10.4. The Balaban J connectivity index is 1.96. The second kappa shape index (κ2) is 8.19. The monoisotopic (exact) mass is 314 g/mol. The number of amides is 2. The van der Waals surface area contributed by atoms with Crippen molar-refractivity contribution in [1.29, 1.82) is 0 Å². The first-order chi connectivity index (χ1) is 11.1. The van der Waals surface area contributed by atoms with E-state index in [2.05, 4.69) is 5.32 Å². The van der Waals surface area contributed by atoms with Crippen molar-refractivity contribution in [3.8, 4) is 11.5 Å². The molecule has 0 heterocycles. The van der Waals surface area contributed by atoms with Gasteiger partial charge in [-0.2, -0.15) is 0 Å². The third kappa shape index (κ3) is 4.72. The zero-order chi connectivity index (χ0) is 16.7. The zero-order valence-electron chi connectivity index (χ0n) is 13.4. The molecule has 122 valence electrons. The van der Waals surface area contributed by atoms with Gasteiger partial charge < -0.3 is 10.1 Å². The number of hydrogen-bond acceptors (Lipinski definition) is 3. The summed E-state index contributed by atoms with van der Waals surface area (Å²) in [5.74, 6) is 1.43. The van der Waals surface area contributed by atoms with E-state index in [0.717, 1.165) is 10.8 Å². The Morgan fingerprint density at radius 1 is 1.04 bits per heavy atom. The Labute approximate surface area is 136 Å². The van der Waals surface area contributed by atoms with Gasteiger partial charge in [0.05, 0.1) is 6.04 Å². The van der Waals surface area contributed by atoms with Crippen LogP contribution < -0.4 is 10.1 Å². The van der Waals surface area contributed by atoms with Crippen LogP contribution >= 0.6 is 0 Å². The van der Waals surface area contributed by atoms with E-state index in [-0.39, 0.29) is 6.04 Å². The van der Waals surface area contributed by atoms with Crippen LogP contribution in [0, 0.1) is 0 Å². The molecule has 5 heteroatoms. The summed E-state index contributed by atoms with van der Waals surface area (Å²) in [4.78, 5) is 12.0. The molecule has 2 N–H and O–H groups in total. The lowest BCUT2D eigenvalue weighted by molar-refractivity contribution is -0.0747. The fraction of sp³-hybridized carbons (Fsp3) is 0.278. The highest BCUT2D eigenvalue weighted by Gasteiger charge is 2.18. The Morgan fingerprint density at radius 3 is 2.17 bits per heavy atom. The van der Waals surface area contributed by atoms with Gasteiger partial charge >= 0.3 is 6.03 Å². The first kappa shape index (κ1) is 16.8. The quantitative estimate of drug-likeness (QED) is 0.589. The summed E-state index contributed by atoms with van der Waals surface area (Å²) in [6, 6.07) is 15.7. The summed E-state index contributed by atoms with van der Waals surface area (Å²) in [5, 5.41) is 13.3. The molecule has 2 aromatic carbocycles. The number of hydrogen-bond donors (Lipinski definition) is 2. The van der Waals surface area contributed by atoms with Crippen LogP contribution in [-0.4, -0.2) is 22.3 Å². The van der Waals surface area contributed by atoms with Crippen molar-refractivity contribution in [1.82, 2.24) is 5.06 Å². The molecule has 0 spiro atoms. The molecule has 0 fully saturated rings. The van der Waals surface area contributed by atoms with Gasteiger partial charge in [-0.3, -0.25) is 5.21 Å². The molecule has 0 saturated heterocycles. The predicted octanol–water partition coefficient (Wildman–Crippen LogP) is 4.89. The molecule has 0 atom stereocenters. The predicted molar refractivity (Wildman–Crippen MR) is 90.0 cm³/mol. The van der Waals surface area contributed by atoms with E-state index >= 15 is 0 Å². The lowest BCUT2D eigenvalue weighted by atomic mass is 10.2. The lowest BCUT2D eigenvalue weighted by Gasteiger charge is -2.23. The Kier molecular flexibility index (Phi) is 6.00. The number of urea groups is 1. The summed E-state index contributed by atoms with van der Waals surface area (Å²) in [5.41, 5.74) is 0.598. The van der Waals surface area contributed by atoms with Gasteiger partial charge in [-0.05, 0) is 49.2 Å². The Hall–Kier alpha value is -2.53. The second-order valence-corrected chi connectivity index (χ2v) is 5.18. The minimum Gasteiger partial charge on any atom is -0.457 e. The number of carbonyl (C=O) groups is 1. The van der Waals surface area contributed by atoms with Gasteiger partial charge in [0, 0.05) is 5.69 Å². The summed E-state index contributed by atoms with van der Waals surface area (Å²) in [6.07, 6.45) is 1.40. The smallest absolute Gasteiger partial charge is 0.345 e. The van der Waals surface area contributed by atoms with Crippen LogP contribution in [0.5, 0.6) is 11.5 Å². The second-order valence-electron chi connectivity index (χ2n) is 5.18. The van der Waals surface area contributed by atoms with Crippen molar-refractivity contribution in [2.75, 3.05) is 5.32 Å². The number of anilines is 1. The van der Waals surface area contributed by atoms with E-state index in [9.17, 15) is 10.0 Å². The molecule has 2 aromatic rings. The molecule has 2 amide bonds. The highest BCUT2D eigenvalue weighted by molar-refractivity contribution is 5.88. The number of ether oxygens (including phenoxy) is 1. The molecule has 0 aliphatic carbocycles. The van der Waals surface area contributed by atoms with Gasteiger partial charge in [-0.25, -0.2) is 9.86 Å². The number of nitrogens with one attached hydrogen (secondary N) is 1. The van der Waals surface area contributed by atoms with E-state index in [1.54, 1.807) is 24.3 Å². The van der Waals surface area contributed by atoms with Gasteiger partial charge in [0.15, 0.2) is 0 Å². The minimum atomic E-state index is -0.532. The Bertz CT molecular complexity index is 610. The number of carbonyl (C=O) groups excluding carboxylic acids is 1. The van der Waals surface area contributed by atoms with Gasteiger partial charge in [0.2, 0.25) is 0 Å². The molecule has 23 heavy (non-hydrogen) atoms. The molecule has 0 aliphatic rings. The molecular formula is C18H22N2O3. The van der Waals surface area contributed by atoms with Crippen molar-refractivity contribution in [2.45, 2.75) is 32.7 Å². The highest BCUT2D eigenvalue weighted by atomic mass is 16.5. The maximum Gasteiger partial charge on any atom is 0.345 e. The third-order valence-electron chi connectivity index (χ3n) is 3.58. The molecule has 2 rings (SSSR count). The van der Waals surface area contributed by atoms with Crippen molar-refractivity contribution in [3.63, 3.8) is 0 Å². The van der Waals surface area contributed by atoms with Crippen molar-refractivity contribution >= 4 is 11.7 Å². The summed E-state index contributed by atoms with van der Waals surface area (Å²) in [6.45, 7) is 3.86. The summed E-state index contributed by atoms with van der Waals surface area (Å²) in [7, 11) is 0. The van der Waals surface area contributed by atoms with E-state index in [0.29, 0.717) is 24.3 Å². The van der Waals surface area contributed by atoms with Crippen LogP contribution in [0.25, 0.3) is 0 Å². The van der Waals surface area contributed by atoms with Crippen molar-refractivity contribution in [3.05, 3.63) is 54.6 Å². The molecular weight excluding hydrogens is 292 g/mol. The van der Waals surface area contributed by atoms with Crippen LogP contribution in [0.15, 0.2) is 54.6 Å². The number of benzene rings is 2. The number of nitrogens with zero attached hydrogens (tertiary/aromatic N) is 1. The molecule has 0 aromatic heterocycles. The highest BCUT2D eigenvalue weighted by Crippen LogP contribution is 2.22. The maximum absolute atomic E-state index is 12.0. The fourth-order valence-electron chi connectivity index (χ4n) is 2.21. The van der Waals surface area contributed by atoms with Gasteiger partial charge in [0.25, 0.3) is 0 Å². The van der Waals surface area contributed by atoms with Crippen molar-refractivity contribution < 1.29 is 14.7 Å². The van der Waals surface area contributed by atoms with E-state index in [1.165, 1.54) is 0 Å². The largest absolute Gasteiger partial charge is 0.457 e. The van der Waals surface area contributed by atoms with Crippen LogP contribution in [0.2, 0.25) is 0 Å². The average molecular weight is 314 g/mol. The van der Waals surface area contributed by atoms with Crippen LogP contribution in [-0.2, 0) is 0 Å². The maximum atomic E-state index is 12.0. The first-order valence-electron chi connectivity index (χ1n) is 7.76. The number of para-hydroxylation sites is 1. The molecule has 5 nitrogen and oxygen atoms in total. The van der Waals surface area contributed by atoms with E-state index < -0.39 is 6.03 Å². The average Bonchev–Trinajstić information content (AvgIpc) is 2.58. The Morgan fingerprint density at radius 2 is 1.61 bits per heavy atom. The van der Waals surface area contributed by atoms with Crippen LogP contribution in [0.4, 0.5) is 10.5 Å². The molecule has 0 unspecified atom stereocenters. The van der Waals surface area contributed by atoms with Gasteiger partial charge in [-0.1, -0.05) is 32.0 Å². The molecule has 0 radical (unpaired) electrons. The van der Waals surface area contributed by atoms with E-state index in [4.69, 9.17) is 4.74 Å². The topological polar surface area (TPSA) is 61.8 Å². The zero-order valence-corrected chi connectivity index (χ0v) is 13.4. The van der Waals surface area contributed by atoms with E-state index in [1.807, 2.05) is 44.2 Å². The van der Waals surface area contributed by atoms with Crippen LogP contribution in [0.3, 0.4) is 0 Å². The fourth-order valence-corrected chi connectivity index (χ4v) is 2.21. The standard InChI is InChI=1S/C18H22N2O3/c1-3-15(4-2)20(22)18(21)19-14-10-12-17(13-11-14)23-16-8-6-5-7-9-16/h5-13,15,22H,3-4H2,1-2H3,(H,19,21). The molecule has 0 aliphatic heterocycles. The summed E-state index contributed by atoms with van der Waals surface area (Å²) >= 11 is 0. The SMILES string of the molecule is CCC(CC)N(O)C(=O)Nc1ccc(Oc2ccccc2)cc1. The van der Waals surface area contributed by atoms with Crippen molar-refractivity contribution in [2.24, 2.45) is 0 Å². The minimum absolute atomic E-state index is 0.185. The third-order valence-corrected chi connectivity index (χ3v) is 3.58. The first-order valence-corrected chi connectivity index (χ1v) is 7.76. The van der Waals surface area contributed by atoms with Gasteiger partial charge in [0.1, 0.15) is 11.5 Å². The number of rotatable bonds is 6. The van der Waals surface area contributed by atoms with Gasteiger partial charge in [-0.15, -0.1) is 0 Å². The lowest BCUT2D eigenvalue weighted by Crippen LogP contribution is -2.39.